The summed E-state index contributed by atoms with van der Waals surface area (Å²) in [6.07, 6.45) is 1.85. The van der Waals surface area contributed by atoms with Crippen LogP contribution >= 0.6 is 27.3 Å². The fourth-order valence-corrected chi connectivity index (χ4v) is 6.71. The van der Waals surface area contributed by atoms with Gasteiger partial charge in [0.2, 0.25) is 10.0 Å². The van der Waals surface area contributed by atoms with Crippen LogP contribution in [0.1, 0.15) is 31.6 Å². The second-order valence-corrected chi connectivity index (χ2v) is 9.46. The number of rotatable bonds is 3. The van der Waals surface area contributed by atoms with Crippen LogP contribution in [0.25, 0.3) is 0 Å². The Kier molecular flexibility index (Phi) is 4.72. The molecule has 1 aliphatic heterocycles. The van der Waals surface area contributed by atoms with Crippen LogP contribution in [0.3, 0.4) is 0 Å². The van der Waals surface area contributed by atoms with Crippen LogP contribution in [0.5, 0.6) is 0 Å². The summed E-state index contributed by atoms with van der Waals surface area (Å²) in [6.45, 7) is 5.13. The van der Waals surface area contributed by atoms with Crippen molar-refractivity contribution in [3.63, 3.8) is 0 Å². The van der Waals surface area contributed by atoms with Crippen LogP contribution in [0, 0.1) is 5.92 Å². The molecule has 1 aromatic heterocycles. The van der Waals surface area contributed by atoms with Gasteiger partial charge in [-0.15, -0.1) is 11.3 Å². The molecule has 1 saturated heterocycles. The Balaban J connectivity index is 2.34. The number of piperidine rings is 1. The molecular weight excluding hydrogens is 348 g/mol. The lowest BCUT2D eigenvalue weighted by molar-refractivity contribution is 0.220. The maximum Gasteiger partial charge on any atom is 0.245 e. The van der Waals surface area contributed by atoms with Crippen molar-refractivity contribution in [2.75, 3.05) is 6.54 Å². The first kappa shape index (κ1) is 15.4. The first-order chi connectivity index (χ1) is 8.86. The minimum atomic E-state index is -3.41. The van der Waals surface area contributed by atoms with E-state index in [1.165, 1.54) is 11.3 Å². The monoisotopic (exact) mass is 366 g/mol. The molecule has 19 heavy (non-hydrogen) atoms. The van der Waals surface area contributed by atoms with Gasteiger partial charge < -0.3 is 5.73 Å². The van der Waals surface area contributed by atoms with E-state index >= 15 is 0 Å². The van der Waals surface area contributed by atoms with Crippen LogP contribution in [-0.2, 0) is 16.6 Å². The highest BCUT2D eigenvalue weighted by Gasteiger charge is 2.35. The molecule has 2 heterocycles. The molecule has 0 aromatic carbocycles. The molecule has 0 saturated carbocycles. The summed E-state index contributed by atoms with van der Waals surface area (Å²) in [6, 6.07) is 1.75. The van der Waals surface area contributed by atoms with Crippen molar-refractivity contribution in [3.05, 3.63) is 14.7 Å². The fourth-order valence-electron chi connectivity index (χ4n) is 2.54. The maximum absolute atomic E-state index is 12.7. The van der Waals surface area contributed by atoms with E-state index < -0.39 is 10.0 Å². The minimum absolute atomic E-state index is 0.0573. The van der Waals surface area contributed by atoms with E-state index in [9.17, 15) is 8.42 Å². The molecule has 2 rings (SSSR count). The summed E-state index contributed by atoms with van der Waals surface area (Å²) in [5, 5.41) is 0. The van der Waals surface area contributed by atoms with Crippen LogP contribution in [0.15, 0.2) is 14.7 Å². The van der Waals surface area contributed by atoms with E-state index in [4.69, 9.17) is 5.73 Å². The lowest BCUT2D eigenvalue weighted by Gasteiger charge is -2.35. The molecule has 0 radical (unpaired) electrons. The number of sulfonamides is 1. The molecule has 7 heteroatoms. The first-order valence-corrected chi connectivity index (χ1v) is 9.41. The summed E-state index contributed by atoms with van der Waals surface area (Å²) in [5.41, 5.74) is 5.58. The zero-order valence-corrected chi connectivity index (χ0v) is 14.3. The molecule has 2 atom stereocenters. The van der Waals surface area contributed by atoms with E-state index in [2.05, 4.69) is 22.9 Å². The number of hydrogen-bond acceptors (Lipinski definition) is 4. The highest BCUT2D eigenvalue weighted by atomic mass is 79.9. The predicted octanol–water partition coefficient (Wildman–Crippen LogP) is 2.78. The second kappa shape index (κ2) is 5.81. The Labute approximate surface area is 127 Å². The van der Waals surface area contributed by atoms with E-state index in [-0.39, 0.29) is 6.04 Å². The maximum atomic E-state index is 12.7. The third-order valence-electron chi connectivity index (χ3n) is 3.57. The van der Waals surface area contributed by atoms with E-state index in [1.807, 2.05) is 6.92 Å². The SMILES string of the molecule is CC1CCN(S(=O)(=O)c2cc(CN)sc2Br)C(C)C1. The van der Waals surface area contributed by atoms with Gasteiger partial charge in [0.25, 0.3) is 0 Å². The van der Waals surface area contributed by atoms with Gasteiger partial charge >= 0.3 is 0 Å². The Bertz CT molecular complexity index is 556. The lowest BCUT2D eigenvalue weighted by Crippen LogP contribution is -2.44. The highest BCUT2D eigenvalue weighted by Crippen LogP contribution is 2.36. The highest BCUT2D eigenvalue weighted by molar-refractivity contribution is 9.11. The van der Waals surface area contributed by atoms with Gasteiger partial charge in [0.05, 0.1) is 3.79 Å². The van der Waals surface area contributed by atoms with Crippen molar-refractivity contribution in [1.82, 2.24) is 4.31 Å². The van der Waals surface area contributed by atoms with Crippen molar-refractivity contribution < 1.29 is 8.42 Å². The third kappa shape index (κ3) is 3.05. The third-order valence-corrected chi connectivity index (χ3v) is 7.86. The predicted molar refractivity (Wildman–Crippen MR) is 81.7 cm³/mol. The van der Waals surface area contributed by atoms with Gasteiger partial charge in [0.1, 0.15) is 4.90 Å². The summed E-state index contributed by atoms with van der Waals surface area (Å²) >= 11 is 4.74. The standard InChI is InChI=1S/C12H19BrN2O2S2/c1-8-3-4-15(9(2)5-8)19(16,17)11-6-10(7-14)18-12(11)13/h6,8-9H,3-5,7,14H2,1-2H3. The Morgan fingerprint density at radius 3 is 2.74 bits per heavy atom. The summed E-state index contributed by atoms with van der Waals surface area (Å²) in [4.78, 5) is 1.24. The zero-order chi connectivity index (χ0) is 14.2. The van der Waals surface area contributed by atoms with E-state index in [0.29, 0.717) is 27.7 Å². The molecule has 0 bridgehead atoms. The molecule has 2 unspecified atom stereocenters. The second-order valence-electron chi connectivity index (χ2n) is 5.15. The normalized spacial score (nSPS) is 25.7. The van der Waals surface area contributed by atoms with Crippen molar-refractivity contribution in [1.29, 1.82) is 0 Å². The fraction of sp³-hybridized carbons (Fsp3) is 0.667. The quantitative estimate of drug-likeness (QED) is 0.894. The molecule has 108 valence electrons. The Morgan fingerprint density at radius 2 is 2.21 bits per heavy atom. The smallest absolute Gasteiger partial charge is 0.245 e. The van der Waals surface area contributed by atoms with Gasteiger partial charge in [-0.3, -0.25) is 0 Å². The number of nitrogens with zero attached hydrogens (tertiary/aromatic N) is 1. The van der Waals surface area contributed by atoms with Gasteiger partial charge in [-0.25, -0.2) is 8.42 Å². The number of thiophene rings is 1. The molecule has 0 aliphatic carbocycles. The van der Waals surface area contributed by atoms with Gasteiger partial charge in [-0.05, 0) is 47.7 Å². The van der Waals surface area contributed by atoms with Gasteiger partial charge in [-0.1, -0.05) is 6.92 Å². The van der Waals surface area contributed by atoms with Crippen molar-refractivity contribution in [2.24, 2.45) is 11.7 Å². The van der Waals surface area contributed by atoms with E-state index in [0.717, 1.165) is 17.7 Å². The van der Waals surface area contributed by atoms with Crippen LogP contribution < -0.4 is 5.73 Å². The van der Waals surface area contributed by atoms with E-state index in [1.54, 1.807) is 10.4 Å². The molecule has 0 spiro atoms. The van der Waals surface area contributed by atoms with Gasteiger partial charge in [0, 0.05) is 24.0 Å². The topological polar surface area (TPSA) is 63.4 Å². The Hall–Kier alpha value is 0.0500. The summed E-state index contributed by atoms with van der Waals surface area (Å²) in [5.74, 6) is 0.590. The van der Waals surface area contributed by atoms with Gasteiger partial charge in [-0.2, -0.15) is 4.31 Å². The van der Waals surface area contributed by atoms with Crippen molar-refractivity contribution in [3.8, 4) is 0 Å². The van der Waals surface area contributed by atoms with Crippen molar-refractivity contribution >= 4 is 37.3 Å². The molecule has 1 aromatic rings. The lowest BCUT2D eigenvalue weighted by atomic mass is 9.95. The average Bonchev–Trinajstić information content (AvgIpc) is 2.70. The number of nitrogens with two attached hydrogens (primary N) is 1. The number of hydrogen-bond donors (Lipinski definition) is 1. The van der Waals surface area contributed by atoms with Crippen LogP contribution in [0.2, 0.25) is 0 Å². The van der Waals surface area contributed by atoms with Crippen LogP contribution in [0.4, 0.5) is 0 Å². The molecule has 0 amide bonds. The average molecular weight is 367 g/mol. The van der Waals surface area contributed by atoms with Crippen molar-refractivity contribution in [2.45, 2.75) is 44.2 Å². The summed E-state index contributed by atoms with van der Waals surface area (Å²) < 4.78 is 27.7. The largest absolute Gasteiger partial charge is 0.326 e. The van der Waals surface area contributed by atoms with Gasteiger partial charge in [0.15, 0.2) is 0 Å². The first-order valence-electron chi connectivity index (χ1n) is 6.36. The number of halogens is 1. The van der Waals surface area contributed by atoms with Crippen LogP contribution in [-0.4, -0.2) is 25.3 Å². The summed E-state index contributed by atoms with van der Waals surface area (Å²) in [7, 11) is -3.41. The molecular formula is C12H19BrN2O2S2. The molecule has 2 N–H and O–H groups in total. The molecule has 1 aliphatic rings. The zero-order valence-electron chi connectivity index (χ0n) is 11.1. The molecule has 1 fully saturated rings. The minimum Gasteiger partial charge on any atom is -0.326 e. The Morgan fingerprint density at radius 1 is 1.53 bits per heavy atom. The molecule has 4 nitrogen and oxygen atoms in total.